The van der Waals surface area contributed by atoms with Gasteiger partial charge in [0.1, 0.15) is 0 Å². The molecule has 0 unspecified atom stereocenters. The minimum absolute atomic E-state index is 0.0823. The summed E-state index contributed by atoms with van der Waals surface area (Å²) in [6, 6.07) is 14.7. The molecule has 29 heavy (non-hydrogen) atoms. The molecule has 3 rings (SSSR count). The van der Waals surface area contributed by atoms with Gasteiger partial charge in [-0.05, 0) is 61.4 Å². The Kier molecular flexibility index (Phi) is 8.40. The normalized spacial score (nSPS) is 15.8. The summed E-state index contributed by atoms with van der Waals surface area (Å²) in [5.74, 6) is 0.536. The maximum Gasteiger partial charge on any atom is 0.253 e. The van der Waals surface area contributed by atoms with E-state index in [0.29, 0.717) is 29.2 Å². The summed E-state index contributed by atoms with van der Waals surface area (Å²) in [5, 5.41) is 6.48. The molecule has 2 N–H and O–H groups in total. The fourth-order valence-electron chi connectivity index (χ4n) is 3.06. The minimum atomic E-state index is -0.199. The molecule has 0 saturated carbocycles. The molecule has 2 aromatic rings. The van der Waals surface area contributed by atoms with Crippen LogP contribution >= 0.6 is 23.4 Å². The summed E-state index contributed by atoms with van der Waals surface area (Å²) in [4.78, 5) is 26.0. The van der Waals surface area contributed by atoms with Crippen molar-refractivity contribution in [3.63, 3.8) is 0 Å². The number of carbonyl (C=O) groups excluding carboxylic acids is 2. The van der Waals surface area contributed by atoms with Crippen LogP contribution in [0.25, 0.3) is 0 Å². The van der Waals surface area contributed by atoms with Crippen molar-refractivity contribution in [2.45, 2.75) is 36.7 Å². The molecule has 7 heteroatoms. The van der Waals surface area contributed by atoms with Crippen LogP contribution in [0.1, 0.15) is 36.0 Å². The van der Waals surface area contributed by atoms with E-state index < -0.39 is 0 Å². The number of carbonyl (C=O) groups is 2. The number of rotatable bonds is 9. The first-order valence-corrected chi connectivity index (χ1v) is 11.2. The topological polar surface area (TPSA) is 67.4 Å². The molecule has 2 amide bonds. The summed E-state index contributed by atoms with van der Waals surface area (Å²) in [5.41, 5.74) is 1.00. The van der Waals surface area contributed by atoms with E-state index in [1.165, 1.54) is 0 Å². The average Bonchev–Trinajstić information content (AvgIpc) is 3.25. The number of para-hydroxylation sites is 1. The third-order valence-corrected chi connectivity index (χ3v) is 5.94. The van der Waals surface area contributed by atoms with Crippen molar-refractivity contribution in [1.29, 1.82) is 0 Å². The Balaban J connectivity index is 1.44. The fourth-order valence-corrected chi connectivity index (χ4v) is 4.04. The smallest absolute Gasteiger partial charge is 0.253 e. The maximum atomic E-state index is 12.5. The van der Waals surface area contributed by atoms with Crippen LogP contribution in [0.15, 0.2) is 53.4 Å². The van der Waals surface area contributed by atoms with E-state index >= 15 is 0 Å². The lowest BCUT2D eigenvalue weighted by Gasteiger charge is -2.13. The third-order valence-electron chi connectivity index (χ3n) is 4.59. The molecule has 0 bridgehead atoms. The van der Waals surface area contributed by atoms with Crippen molar-refractivity contribution >= 4 is 40.9 Å². The molecular formula is C22H25ClN2O3S. The van der Waals surface area contributed by atoms with Crippen molar-refractivity contribution < 1.29 is 14.3 Å². The number of amides is 2. The fraction of sp³-hybridized carbons (Fsp3) is 0.364. The number of hydrogen-bond donors (Lipinski definition) is 2. The van der Waals surface area contributed by atoms with E-state index in [9.17, 15) is 9.59 Å². The molecule has 154 valence electrons. The average molecular weight is 433 g/mol. The maximum absolute atomic E-state index is 12.5. The van der Waals surface area contributed by atoms with Gasteiger partial charge in [-0.1, -0.05) is 23.7 Å². The second kappa shape index (κ2) is 11.2. The molecular weight excluding hydrogens is 408 g/mol. The second-order valence-electron chi connectivity index (χ2n) is 6.84. The zero-order chi connectivity index (χ0) is 20.5. The van der Waals surface area contributed by atoms with Crippen LogP contribution in [0.2, 0.25) is 5.02 Å². The number of nitrogens with one attached hydrogen (secondary N) is 2. The van der Waals surface area contributed by atoms with Crippen LogP contribution in [0.5, 0.6) is 0 Å². The number of thioether (sulfide) groups is 1. The lowest BCUT2D eigenvalue weighted by atomic mass is 10.1. The highest BCUT2D eigenvalue weighted by atomic mass is 35.5. The molecule has 1 heterocycles. The Labute approximate surface area is 180 Å². The number of hydrogen-bond acceptors (Lipinski definition) is 4. The quantitative estimate of drug-likeness (QED) is 0.443. The number of benzene rings is 2. The van der Waals surface area contributed by atoms with Crippen LogP contribution in [-0.2, 0) is 9.53 Å². The molecule has 1 fully saturated rings. The molecule has 1 aliphatic heterocycles. The van der Waals surface area contributed by atoms with Gasteiger partial charge in [0.05, 0.1) is 17.4 Å². The Morgan fingerprint density at radius 2 is 1.93 bits per heavy atom. The molecule has 0 spiro atoms. The SMILES string of the molecule is O=C(CCCSc1ccc(Cl)cc1)Nc1ccccc1C(=O)NC[C@@H]1CCCO1. The molecule has 0 aliphatic carbocycles. The Morgan fingerprint density at radius 1 is 1.14 bits per heavy atom. The lowest BCUT2D eigenvalue weighted by Crippen LogP contribution is -2.32. The van der Waals surface area contributed by atoms with Gasteiger partial charge in [0.2, 0.25) is 5.91 Å². The number of anilines is 1. The molecule has 0 aromatic heterocycles. The van der Waals surface area contributed by atoms with Gasteiger partial charge in [-0.2, -0.15) is 0 Å². The molecule has 2 aromatic carbocycles. The van der Waals surface area contributed by atoms with Gasteiger partial charge in [0, 0.05) is 29.5 Å². The first kappa shape index (κ1) is 21.7. The summed E-state index contributed by atoms with van der Waals surface area (Å²) in [7, 11) is 0. The summed E-state index contributed by atoms with van der Waals surface area (Å²) in [6.07, 6.45) is 3.22. The van der Waals surface area contributed by atoms with Gasteiger partial charge < -0.3 is 15.4 Å². The van der Waals surface area contributed by atoms with Crippen LogP contribution in [0.4, 0.5) is 5.69 Å². The zero-order valence-corrected chi connectivity index (χ0v) is 17.7. The summed E-state index contributed by atoms with van der Waals surface area (Å²) in [6.45, 7) is 1.24. The standard InChI is InChI=1S/C22H25ClN2O3S/c23-16-9-11-18(12-10-16)29-14-4-8-21(26)25-20-7-2-1-6-19(20)22(27)24-15-17-5-3-13-28-17/h1-2,6-7,9-12,17H,3-5,8,13-15H2,(H,24,27)(H,25,26)/t17-/m0/s1. The lowest BCUT2D eigenvalue weighted by molar-refractivity contribution is -0.116. The number of halogens is 1. The van der Waals surface area contributed by atoms with Gasteiger partial charge in [0.25, 0.3) is 5.91 Å². The van der Waals surface area contributed by atoms with E-state index in [1.54, 1.807) is 30.0 Å². The largest absolute Gasteiger partial charge is 0.376 e. The molecule has 0 radical (unpaired) electrons. The van der Waals surface area contributed by atoms with E-state index in [-0.39, 0.29) is 17.9 Å². The first-order valence-electron chi connectivity index (χ1n) is 9.79. The van der Waals surface area contributed by atoms with Gasteiger partial charge in [-0.3, -0.25) is 9.59 Å². The summed E-state index contributed by atoms with van der Waals surface area (Å²) >= 11 is 7.57. The van der Waals surface area contributed by atoms with Crippen molar-refractivity contribution in [3.8, 4) is 0 Å². The van der Waals surface area contributed by atoms with E-state index in [1.807, 2.05) is 30.3 Å². The van der Waals surface area contributed by atoms with Crippen molar-refractivity contribution in [2.24, 2.45) is 0 Å². The van der Waals surface area contributed by atoms with Gasteiger partial charge in [-0.15, -0.1) is 11.8 Å². The Hall–Kier alpha value is -2.02. The van der Waals surface area contributed by atoms with E-state index in [4.69, 9.17) is 16.3 Å². The van der Waals surface area contributed by atoms with Gasteiger partial charge >= 0.3 is 0 Å². The highest BCUT2D eigenvalue weighted by molar-refractivity contribution is 7.99. The molecule has 5 nitrogen and oxygen atoms in total. The molecule has 1 saturated heterocycles. The minimum Gasteiger partial charge on any atom is -0.376 e. The van der Waals surface area contributed by atoms with Crippen LogP contribution in [0, 0.1) is 0 Å². The van der Waals surface area contributed by atoms with Crippen molar-refractivity contribution in [1.82, 2.24) is 5.32 Å². The van der Waals surface area contributed by atoms with Crippen LogP contribution in [-0.4, -0.2) is 36.8 Å². The van der Waals surface area contributed by atoms with E-state index in [0.717, 1.165) is 36.5 Å². The predicted molar refractivity (Wildman–Crippen MR) is 118 cm³/mol. The van der Waals surface area contributed by atoms with Crippen molar-refractivity contribution in [3.05, 3.63) is 59.1 Å². The highest BCUT2D eigenvalue weighted by Gasteiger charge is 2.18. The van der Waals surface area contributed by atoms with Gasteiger partial charge in [0.15, 0.2) is 0 Å². The highest BCUT2D eigenvalue weighted by Crippen LogP contribution is 2.22. The summed E-state index contributed by atoms with van der Waals surface area (Å²) < 4.78 is 5.53. The Bertz CT molecular complexity index is 823. The van der Waals surface area contributed by atoms with E-state index in [2.05, 4.69) is 10.6 Å². The van der Waals surface area contributed by atoms with Crippen LogP contribution in [0.3, 0.4) is 0 Å². The molecule has 1 aliphatic rings. The van der Waals surface area contributed by atoms with Crippen molar-refractivity contribution in [2.75, 3.05) is 24.2 Å². The first-order chi connectivity index (χ1) is 14.1. The third kappa shape index (κ3) is 7.07. The van der Waals surface area contributed by atoms with Gasteiger partial charge in [-0.25, -0.2) is 0 Å². The monoisotopic (exact) mass is 432 g/mol. The van der Waals surface area contributed by atoms with Crippen LogP contribution < -0.4 is 10.6 Å². The zero-order valence-electron chi connectivity index (χ0n) is 16.2. The Morgan fingerprint density at radius 3 is 2.69 bits per heavy atom. The second-order valence-corrected chi connectivity index (χ2v) is 8.45. The predicted octanol–water partition coefficient (Wildman–Crippen LogP) is 4.76. The number of ether oxygens (including phenoxy) is 1. The molecule has 1 atom stereocenters.